The van der Waals surface area contributed by atoms with Gasteiger partial charge in [-0.2, -0.15) is 0 Å². The number of phenolic OH excluding ortho intramolecular Hbond substituents is 1. The van der Waals surface area contributed by atoms with Crippen LogP contribution >= 0.6 is 0 Å². The molecule has 0 spiro atoms. The quantitative estimate of drug-likeness (QED) is 0.860. The monoisotopic (exact) mass is 255 g/mol. The minimum Gasteiger partial charge on any atom is -0.508 e. The number of hydrogen-bond acceptors (Lipinski definition) is 2. The number of rotatable bonds is 3. The minimum atomic E-state index is 0.336. The summed E-state index contributed by atoms with van der Waals surface area (Å²) in [7, 11) is 0. The van der Waals surface area contributed by atoms with Crippen molar-refractivity contribution in [2.45, 2.75) is 34.2 Å². The van der Waals surface area contributed by atoms with E-state index in [4.69, 9.17) is 0 Å². The van der Waals surface area contributed by atoms with E-state index >= 15 is 0 Å². The van der Waals surface area contributed by atoms with Crippen LogP contribution in [0.1, 0.15) is 27.8 Å². The van der Waals surface area contributed by atoms with Crippen molar-refractivity contribution in [3.8, 4) is 5.75 Å². The molecule has 0 aliphatic heterocycles. The molecule has 0 fully saturated rings. The number of nitrogens with one attached hydrogen (secondary N) is 1. The standard InChI is InChI=1S/C17H21NO/c1-11-7-13(3)16(14(4)8-11)10-18-15-6-5-12(2)17(19)9-15/h5-9,18-19H,10H2,1-4H3. The number of aromatic hydroxyl groups is 1. The Bertz CT molecular complexity index is 579. The maximum atomic E-state index is 9.70. The number of anilines is 1. The number of aryl methyl sites for hydroxylation is 4. The molecule has 2 nitrogen and oxygen atoms in total. The molecule has 0 unspecified atom stereocenters. The largest absolute Gasteiger partial charge is 0.508 e. The van der Waals surface area contributed by atoms with Crippen LogP contribution in [0.3, 0.4) is 0 Å². The predicted octanol–water partition coefficient (Wildman–Crippen LogP) is 4.24. The summed E-state index contributed by atoms with van der Waals surface area (Å²) in [5.74, 6) is 0.336. The van der Waals surface area contributed by atoms with Crippen LogP contribution in [0.25, 0.3) is 0 Å². The molecule has 0 aliphatic carbocycles. The van der Waals surface area contributed by atoms with Crippen LogP contribution in [0.2, 0.25) is 0 Å². The van der Waals surface area contributed by atoms with Gasteiger partial charge in [-0.15, -0.1) is 0 Å². The predicted molar refractivity (Wildman–Crippen MR) is 80.8 cm³/mol. The fourth-order valence-electron chi connectivity index (χ4n) is 2.40. The van der Waals surface area contributed by atoms with Crippen LogP contribution in [-0.2, 0) is 6.54 Å². The van der Waals surface area contributed by atoms with E-state index in [2.05, 4.69) is 38.2 Å². The van der Waals surface area contributed by atoms with Crippen molar-refractivity contribution in [3.63, 3.8) is 0 Å². The van der Waals surface area contributed by atoms with E-state index in [1.54, 1.807) is 6.07 Å². The SMILES string of the molecule is Cc1cc(C)c(CNc2ccc(C)c(O)c2)c(C)c1. The zero-order valence-electron chi connectivity index (χ0n) is 12.0. The van der Waals surface area contributed by atoms with E-state index in [1.807, 2.05) is 19.1 Å². The molecule has 0 bridgehead atoms. The van der Waals surface area contributed by atoms with E-state index < -0.39 is 0 Å². The topological polar surface area (TPSA) is 32.3 Å². The van der Waals surface area contributed by atoms with Crippen molar-refractivity contribution in [2.24, 2.45) is 0 Å². The highest BCUT2D eigenvalue weighted by Gasteiger charge is 2.04. The van der Waals surface area contributed by atoms with Gasteiger partial charge in [0.2, 0.25) is 0 Å². The normalized spacial score (nSPS) is 10.5. The van der Waals surface area contributed by atoms with Crippen molar-refractivity contribution < 1.29 is 5.11 Å². The van der Waals surface area contributed by atoms with Gasteiger partial charge in [-0.3, -0.25) is 0 Å². The number of hydrogen-bond donors (Lipinski definition) is 2. The van der Waals surface area contributed by atoms with Crippen LogP contribution in [0.4, 0.5) is 5.69 Å². The Morgan fingerprint density at radius 2 is 1.53 bits per heavy atom. The highest BCUT2D eigenvalue weighted by atomic mass is 16.3. The first-order valence-electron chi connectivity index (χ1n) is 6.57. The Kier molecular flexibility index (Phi) is 3.79. The second-order valence-electron chi connectivity index (χ2n) is 5.23. The molecule has 0 saturated carbocycles. The second kappa shape index (κ2) is 5.35. The molecule has 2 N–H and O–H groups in total. The first-order chi connectivity index (χ1) is 8.97. The van der Waals surface area contributed by atoms with Crippen LogP contribution in [0.15, 0.2) is 30.3 Å². The van der Waals surface area contributed by atoms with Gasteiger partial charge in [-0.05, 0) is 56.0 Å². The summed E-state index contributed by atoms with van der Waals surface area (Å²) < 4.78 is 0. The molecule has 0 amide bonds. The highest BCUT2D eigenvalue weighted by molar-refractivity contribution is 5.52. The zero-order valence-corrected chi connectivity index (χ0v) is 12.0. The van der Waals surface area contributed by atoms with Gasteiger partial charge in [-0.25, -0.2) is 0 Å². The van der Waals surface area contributed by atoms with E-state index in [1.165, 1.54) is 22.3 Å². The average molecular weight is 255 g/mol. The fraction of sp³-hybridized carbons (Fsp3) is 0.294. The molecule has 100 valence electrons. The first kappa shape index (κ1) is 13.5. The van der Waals surface area contributed by atoms with Gasteiger partial charge in [0.1, 0.15) is 5.75 Å². The van der Waals surface area contributed by atoms with Crippen LogP contribution in [-0.4, -0.2) is 5.11 Å². The molecule has 0 saturated heterocycles. The summed E-state index contributed by atoms with van der Waals surface area (Å²) in [5, 5.41) is 13.1. The summed E-state index contributed by atoms with van der Waals surface area (Å²) >= 11 is 0. The van der Waals surface area contributed by atoms with Crippen molar-refractivity contribution in [3.05, 3.63) is 58.1 Å². The molecule has 2 aromatic rings. The fourth-order valence-corrected chi connectivity index (χ4v) is 2.40. The maximum absolute atomic E-state index is 9.70. The second-order valence-corrected chi connectivity index (χ2v) is 5.23. The Hall–Kier alpha value is -1.96. The van der Waals surface area contributed by atoms with Crippen molar-refractivity contribution in [1.29, 1.82) is 0 Å². The smallest absolute Gasteiger partial charge is 0.120 e. The summed E-state index contributed by atoms with van der Waals surface area (Å²) in [6.45, 7) is 9.08. The lowest BCUT2D eigenvalue weighted by Gasteiger charge is -2.13. The van der Waals surface area contributed by atoms with Crippen LogP contribution < -0.4 is 5.32 Å². The molecule has 0 radical (unpaired) electrons. The molecule has 0 aliphatic rings. The third-order valence-corrected chi connectivity index (χ3v) is 3.52. The van der Waals surface area contributed by atoms with Gasteiger partial charge in [-0.1, -0.05) is 23.8 Å². The average Bonchev–Trinajstić information content (AvgIpc) is 2.32. The van der Waals surface area contributed by atoms with Crippen molar-refractivity contribution in [2.75, 3.05) is 5.32 Å². The van der Waals surface area contributed by atoms with E-state index in [0.29, 0.717) is 5.75 Å². The van der Waals surface area contributed by atoms with Crippen molar-refractivity contribution in [1.82, 2.24) is 0 Å². The number of benzene rings is 2. The lowest BCUT2D eigenvalue weighted by Crippen LogP contribution is -2.04. The number of phenols is 1. The molecule has 0 aromatic heterocycles. The minimum absolute atomic E-state index is 0.336. The van der Waals surface area contributed by atoms with Crippen LogP contribution in [0, 0.1) is 27.7 Å². The zero-order chi connectivity index (χ0) is 14.0. The highest BCUT2D eigenvalue weighted by Crippen LogP contribution is 2.22. The summed E-state index contributed by atoms with van der Waals surface area (Å²) in [5.41, 5.74) is 7.08. The summed E-state index contributed by atoms with van der Waals surface area (Å²) in [6, 6.07) is 10.1. The molecule has 2 rings (SSSR count). The van der Waals surface area contributed by atoms with E-state index in [9.17, 15) is 5.11 Å². The van der Waals surface area contributed by atoms with Gasteiger partial charge >= 0.3 is 0 Å². The van der Waals surface area contributed by atoms with Crippen LogP contribution in [0.5, 0.6) is 5.75 Å². The molecule has 2 aromatic carbocycles. The molecule has 19 heavy (non-hydrogen) atoms. The lowest BCUT2D eigenvalue weighted by atomic mass is 10.00. The molecule has 2 heteroatoms. The Morgan fingerprint density at radius 3 is 2.11 bits per heavy atom. The molecule has 0 heterocycles. The third kappa shape index (κ3) is 3.08. The third-order valence-electron chi connectivity index (χ3n) is 3.52. The maximum Gasteiger partial charge on any atom is 0.120 e. The Morgan fingerprint density at radius 1 is 0.895 bits per heavy atom. The van der Waals surface area contributed by atoms with Gasteiger partial charge in [0.15, 0.2) is 0 Å². The first-order valence-corrected chi connectivity index (χ1v) is 6.57. The Balaban J connectivity index is 2.16. The van der Waals surface area contributed by atoms with Gasteiger partial charge < -0.3 is 10.4 Å². The molecular formula is C17H21NO. The summed E-state index contributed by atoms with van der Waals surface area (Å²) in [6.07, 6.45) is 0. The van der Waals surface area contributed by atoms with E-state index in [0.717, 1.165) is 17.8 Å². The Labute approximate surface area is 115 Å². The summed E-state index contributed by atoms with van der Waals surface area (Å²) in [4.78, 5) is 0. The van der Waals surface area contributed by atoms with E-state index in [-0.39, 0.29) is 0 Å². The molecule has 0 atom stereocenters. The van der Waals surface area contributed by atoms with Gasteiger partial charge in [0.25, 0.3) is 0 Å². The molecular weight excluding hydrogens is 234 g/mol. The van der Waals surface area contributed by atoms with Gasteiger partial charge in [0, 0.05) is 18.3 Å². The van der Waals surface area contributed by atoms with Gasteiger partial charge in [0.05, 0.1) is 0 Å². The van der Waals surface area contributed by atoms with Crippen molar-refractivity contribution >= 4 is 5.69 Å². The lowest BCUT2D eigenvalue weighted by molar-refractivity contribution is 0.471.